The topological polar surface area (TPSA) is 54.0 Å². The lowest BCUT2D eigenvalue weighted by Crippen LogP contribution is -2.14. The number of amides is 1. The van der Waals surface area contributed by atoms with Crippen LogP contribution in [0.5, 0.6) is 0 Å². The fraction of sp³-hybridized carbons (Fsp3) is 0.333. The zero-order chi connectivity index (χ0) is 15.9. The van der Waals surface area contributed by atoms with Crippen molar-refractivity contribution in [3.63, 3.8) is 0 Å². The fourth-order valence-electron chi connectivity index (χ4n) is 2.13. The van der Waals surface area contributed by atoms with Crippen LogP contribution in [0.15, 0.2) is 42.7 Å². The first-order valence-corrected chi connectivity index (χ1v) is 7.68. The van der Waals surface area contributed by atoms with Gasteiger partial charge in [0.05, 0.1) is 11.3 Å². The summed E-state index contributed by atoms with van der Waals surface area (Å²) in [6.07, 6.45) is 4.20. The Morgan fingerprint density at radius 1 is 1.23 bits per heavy atom. The number of nitrogens with zero attached hydrogens (tertiary/aromatic N) is 1. The van der Waals surface area contributed by atoms with Crippen molar-refractivity contribution in [3.05, 3.63) is 53.9 Å². The standard InChI is InChI=1S/C18H23N3O/c1-4-14-7-5-6-8-17(14)21-18(22)15-9-16(12-19-11-15)20-10-13(2)3/h5-9,11-13,20H,4,10H2,1-3H3,(H,21,22). The fourth-order valence-corrected chi connectivity index (χ4v) is 2.13. The molecule has 0 fully saturated rings. The van der Waals surface area contributed by atoms with Crippen LogP contribution in [0.25, 0.3) is 0 Å². The van der Waals surface area contributed by atoms with Gasteiger partial charge >= 0.3 is 0 Å². The van der Waals surface area contributed by atoms with Crippen LogP contribution in [0.4, 0.5) is 11.4 Å². The SMILES string of the molecule is CCc1ccccc1NC(=O)c1cncc(NCC(C)C)c1. The zero-order valence-corrected chi connectivity index (χ0v) is 13.4. The molecule has 0 radical (unpaired) electrons. The van der Waals surface area contributed by atoms with Gasteiger partial charge in [0.15, 0.2) is 0 Å². The largest absolute Gasteiger partial charge is 0.384 e. The molecule has 116 valence electrons. The van der Waals surface area contributed by atoms with Crippen LogP contribution >= 0.6 is 0 Å². The maximum absolute atomic E-state index is 12.4. The minimum absolute atomic E-state index is 0.137. The summed E-state index contributed by atoms with van der Waals surface area (Å²) in [5.41, 5.74) is 3.40. The Bertz CT molecular complexity index is 638. The second-order valence-electron chi connectivity index (χ2n) is 5.70. The highest BCUT2D eigenvalue weighted by molar-refractivity contribution is 6.04. The number of carbonyl (C=O) groups excluding carboxylic acids is 1. The van der Waals surface area contributed by atoms with Crippen molar-refractivity contribution < 1.29 is 4.79 Å². The second-order valence-corrected chi connectivity index (χ2v) is 5.70. The Hall–Kier alpha value is -2.36. The van der Waals surface area contributed by atoms with Gasteiger partial charge in [-0.3, -0.25) is 9.78 Å². The van der Waals surface area contributed by atoms with Crippen LogP contribution in [-0.2, 0) is 6.42 Å². The van der Waals surface area contributed by atoms with Gasteiger partial charge < -0.3 is 10.6 Å². The number of pyridine rings is 1. The third-order valence-electron chi connectivity index (χ3n) is 3.36. The van der Waals surface area contributed by atoms with Crippen molar-refractivity contribution in [2.45, 2.75) is 27.2 Å². The Morgan fingerprint density at radius 2 is 2.00 bits per heavy atom. The lowest BCUT2D eigenvalue weighted by molar-refractivity contribution is 0.102. The highest BCUT2D eigenvalue weighted by atomic mass is 16.1. The van der Waals surface area contributed by atoms with Gasteiger partial charge in [-0.1, -0.05) is 39.0 Å². The number of para-hydroxylation sites is 1. The molecule has 0 spiro atoms. The van der Waals surface area contributed by atoms with Crippen LogP contribution in [0.3, 0.4) is 0 Å². The molecule has 0 aliphatic rings. The van der Waals surface area contributed by atoms with E-state index in [2.05, 4.69) is 36.4 Å². The minimum Gasteiger partial charge on any atom is -0.384 e. The van der Waals surface area contributed by atoms with Crippen LogP contribution in [0.1, 0.15) is 36.7 Å². The molecule has 1 heterocycles. The Labute approximate surface area is 132 Å². The first-order valence-electron chi connectivity index (χ1n) is 7.68. The molecule has 0 saturated heterocycles. The maximum Gasteiger partial charge on any atom is 0.257 e. The Balaban J connectivity index is 2.11. The van der Waals surface area contributed by atoms with E-state index in [4.69, 9.17) is 0 Å². The van der Waals surface area contributed by atoms with E-state index in [1.807, 2.05) is 30.3 Å². The van der Waals surface area contributed by atoms with Crippen LogP contribution < -0.4 is 10.6 Å². The summed E-state index contributed by atoms with van der Waals surface area (Å²) in [6.45, 7) is 7.20. The summed E-state index contributed by atoms with van der Waals surface area (Å²) < 4.78 is 0. The van der Waals surface area contributed by atoms with Gasteiger partial charge in [-0.05, 0) is 30.0 Å². The van der Waals surface area contributed by atoms with Gasteiger partial charge in [0, 0.05) is 24.6 Å². The van der Waals surface area contributed by atoms with E-state index in [-0.39, 0.29) is 5.91 Å². The smallest absolute Gasteiger partial charge is 0.257 e. The third-order valence-corrected chi connectivity index (χ3v) is 3.36. The van der Waals surface area contributed by atoms with Gasteiger partial charge in [0.2, 0.25) is 0 Å². The van der Waals surface area contributed by atoms with Crippen molar-refractivity contribution in [2.75, 3.05) is 17.2 Å². The summed E-state index contributed by atoms with van der Waals surface area (Å²) in [4.78, 5) is 16.5. The molecule has 0 saturated carbocycles. The van der Waals surface area contributed by atoms with Gasteiger partial charge in [-0.25, -0.2) is 0 Å². The van der Waals surface area contributed by atoms with E-state index in [0.717, 1.165) is 29.9 Å². The molecule has 2 N–H and O–H groups in total. The molecular formula is C18H23N3O. The van der Waals surface area contributed by atoms with E-state index in [9.17, 15) is 4.79 Å². The average Bonchev–Trinajstić information content (AvgIpc) is 2.53. The molecule has 2 rings (SSSR count). The van der Waals surface area contributed by atoms with Gasteiger partial charge in [0.1, 0.15) is 0 Å². The summed E-state index contributed by atoms with van der Waals surface area (Å²) in [5, 5.41) is 6.25. The molecule has 0 atom stereocenters. The molecule has 1 aromatic carbocycles. The van der Waals surface area contributed by atoms with E-state index in [1.165, 1.54) is 0 Å². The normalized spacial score (nSPS) is 10.5. The quantitative estimate of drug-likeness (QED) is 0.848. The molecule has 4 nitrogen and oxygen atoms in total. The molecule has 1 aromatic heterocycles. The Morgan fingerprint density at radius 3 is 2.73 bits per heavy atom. The minimum atomic E-state index is -0.137. The summed E-state index contributed by atoms with van der Waals surface area (Å²) >= 11 is 0. The third kappa shape index (κ3) is 4.32. The number of anilines is 2. The summed E-state index contributed by atoms with van der Waals surface area (Å²) in [5.74, 6) is 0.399. The molecule has 0 aliphatic heterocycles. The highest BCUT2D eigenvalue weighted by Crippen LogP contribution is 2.17. The molecular weight excluding hydrogens is 274 g/mol. The molecule has 0 aliphatic carbocycles. The number of benzene rings is 1. The number of rotatable bonds is 6. The summed E-state index contributed by atoms with van der Waals surface area (Å²) in [7, 11) is 0. The first-order chi connectivity index (χ1) is 10.6. The maximum atomic E-state index is 12.4. The zero-order valence-electron chi connectivity index (χ0n) is 13.4. The van der Waals surface area contributed by atoms with Crippen molar-refractivity contribution in [3.8, 4) is 0 Å². The molecule has 0 bridgehead atoms. The van der Waals surface area contributed by atoms with Gasteiger partial charge in [-0.2, -0.15) is 0 Å². The predicted molar refractivity (Wildman–Crippen MR) is 91.3 cm³/mol. The van der Waals surface area contributed by atoms with Crippen LogP contribution in [0, 0.1) is 5.92 Å². The van der Waals surface area contributed by atoms with Gasteiger partial charge in [-0.15, -0.1) is 0 Å². The van der Waals surface area contributed by atoms with E-state index < -0.39 is 0 Å². The number of aromatic nitrogens is 1. The van der Waals surface area contributed by atoms with Crippen molar-refractivity contribution in [2.24, 2.45) is 5.92 Å². The number of carbonyl (C=O) groups is 1. The molecule has 22 heavy (non-hydrogen) atoms. The summed E-state index contributed by atoms with van der Waals surface area (Å²) in [6, 6.07) is 9.68. The lowest BCUT2D eigenvalue weighted by Gasteiger charge is -2.11. The first kappa shape index (κ1) is 16.0. The number of aryl methyl sites for hydroxylation is 1. The monoisotopic (exact) mass is 297 g/mol. The van der Waals surface area contributed by atoms with E-state index >= 15 is 0 Å². The van der Waals surface area contributed by atoms with Crippen molar-refractivity contribution >= 4 is 17.3 Å². The van der Waals surface area contributed by atoms with E-state index in [1.54, 1.807) is 12.4 Å². The number of hydrogen-bond donors (Lipinski definition) is 2. The van der Waals surface area contributed by atoms with Crippen LogP contribution in [-0.4, -0.2) is 17.4 Å². The molecule has 1 amide bonds. The van der Waals surface area contributed by atoms with Crippen LogP contribution in [0.2, 0.25) is 0 Å². The molecule has 2 aromatic rings. The number of nitrogens with one attached hydrogen (secondary N) is 2. The molecule has 0 unspecified atom stereocenters. The highest BCUT2D eigenvalue weighted by Gasteiger charge is 2.09. The van der Waals surface area contributed by atoms with Crippen molar-refractivity contribution in [1.29, 1.82) is 0 Å². The number of hydrogen-bond acceptors (Lipinski definition) is 3. The predicted octanol–water partition coefficient (Wildman–Crippen LogP) is 3.96. The average molecular weight is 297 g/mol. The lowest BCUT2D eigenvalue weighted by atomic mass is 10.1. The van der Waals surface area contributed by atoms with E-state index in [0.29, 0.717) is 11.5 Å². The van der Waals surface area contributed by atoms with Gasteiger partial charge in [0.25, 0.3) is 5.91 Å². The second kappa shape index (κ2) is 7.59. The molecule has 4 heteroatoms. The Kier molecular flexibility index (Phi) is 5.53. The van der Waals surface area contributed by atoms with Crippen molar-refractivity contribution in [1.82, 2.24) is 4.98 Å².